The number of rotatable bonds is 42. The van der Waals surface area contributed by atoms with E-state index in [2.05, 4.69) is 104 Å². The number of carbonyl (C=O) groups is 1. The third kappa shape index (κ3) is 45.2. The first-order valence-electron chi connectivity index (χ1n) is 24.2. The molecule has 0 aromatic heterocycles. The Labute approximate surface area is 381 Å². The molecule has 354 valence electrons. The molecule has 9 heteroatoms. The van der Waals surface area contributed by atoms with Crippen molar-refractivity contribution in [3.63, 3.8) is 0 Å². The van der Waals surface area contributed by atoms with Crippen LogP contribution in [-0.2, 0) is 18.4 Å². The summed E-state index contributed by atoms with van der Waals surface area (Å²) in [6.45, 7) is 4.42. The van der Waals surface area contributed by atoms with Crippen molar-refractivity contribution in [1.82, 2.24) is 5.32 Å². The normalized spacial score (nSPS) is 15.1. The maximum absolute atomic E-state index is 12.8. The number of carbonyl (C=O) groups excluding carboxylic acids is 1. The molecular weight excluding hydrogens is 792 g/mol. The fourth-order valence-corrected chi connectivity index (χ4v) is 6.87. The lowest BCUT2D eigenvalue weighted by Crippen LogP contribution is -2.45. The van der Waals surface area contributed by atoms with Crippen LogP contribution in [0.2, 0.25) is 0 Å². The average molecular weight is 883 g/mol. The maximum Gasteiger partial charge on any atom is 0.268 e. The highest BCUT2D eigenvalue weighted by Gasteiger charge is 2.23. The number of aliphatic hydroxyl groups excluding tert-OH is 1. The van der Waals surface area contributed by atoms with Crippen LogP contribution in [0, 0.1) is 0 Å². The zero-order chi connectivity index (χ0) is 45.7. The van der Waals surface area contributed by atoms with Crippen LogP contribution in [0.1, 0.15) is 168 Å². The Morgan fingerprint density at radius 2 is 1.00 bits per heavy atom. The molecule has 0 fully saturated rings. The minimum absolute atomic E-state index is 0.0288. The monoisotopic (exact) mass is 883 g/mol. The molecule has 1 amide bonds. The van der Waals surface area contributed by atoms with Gasteiger partial charge in [-0.2, -0.15) is 0 Å². The first-order valence-corrected chi connectivity index (χ1v) is 25.7. The van der Waals surface area contributed by atoms with Gasteiger partial charge in [0.15, 0.2) is 0 Å². The zero-order valence-electron chi connectivity index (χ0n) is 40.0. The van der Waals surface area contributed by atoms with E-state index in [0.717, 1.165) is 57.8 Å². The van der Waals surface area contributed by atoms with E-state index in [4.69, 9.17) is 9.05 Å². The molecule has 3 unspecified atom stereocenters. The third-order valence-electron chi connectivity index (χ3n) is 9.96. The number of phosphoric acid groups is 1. The quantitative estimate of drug-likeness (QED) is 0.0274. The lowest BCUT2D eigenvalue weighted by Gasteiger charge is -2.29. The van der Waals surface area contributed by atoms with E-state index in [1.165, 1.54) is 77.0 Å². The van der Waals surface area contributed by atoms with Crippen LogP contribution in [0.25, 0.3) is 0 Å². The summed E-state index contributed by atoms with van der Waals surface area (Å²) in [5.41, 5.74) is 0. The molecule has 0 spiro atoms. The van der Waals surface area contributed by atoms with Crippen LogP contribution >= 0.6 is 7.82 Å². The number of nitrogens with one attached hydrogen (secondary N) is 1. The van der Waals surface area contributed by atoms with Crippen LogP contribution in [0.3, 0.4) is 0 Å². The number of unbranched alkanes of at least 4 members (excludes halogenated alkanes) is 13. The van der Waals surface area contributed by atoms with Gasteiger partial charge in [-0.25, -0.2) is 0 Å². The van der Waals surface area contributed by atoms with Crippen LogP contribution < -0.4 is 10.2 Å². The molecule has 0 bridgehead atoms. The molecule has 2 N–H and O–H groups in total. The van der Waals surface area contributed by atoms with Gasteiger partial charge in [-0.15, -0.1) is 0 Å². The number of hydrogen-bond acceptors (Lipinski definition) is 6. The largest absolute Gasteiger partial charge is 0.756 e. The molecule has 0 saturated carbocycles. The molecule has 0 aromatic rings. The molecule has 62 heavy (non-hydrogen) atoms. The van der Waals surface area contributed by atoms with Gasteiger partial charge < -0.3 is 28.8 Å². The summed E-state index contributed by atoms with van der Waals surface area (Å²) in [6, 6.07) is -0.958. The SMILES string of the molecule is CC/C=C\C/C=C\C/C=C\C/C=C\C/C=C\C/C=C\CCC(=O)NC(COP(=O)([O-])OCC[N+](C)(C)C)C(O)/C=C/CC/C=C/CC/C=C/CCCCCCCCCCCCC. The van der Waals surface area contributed by atoms with Gasteiger partial charge in [-0.05, 0) is 83.5 Å². The number of likely N-dealkylation sites (N-methyl/N-ethyl adjacent to an activating group) is 1. The third-order valence-corrected chi connectivity index (χ3v) is 10.9. The summed E-state index contributed by atoms with van der Waals surface area (Å²) in [5.74, 6) is -0.298. The van der Waals surface area contributed by atoms with E-state index in [9.17, 15) is 19.4 Å². The Morgan fingerprint density at radius 1 is 0.581 bits per heavy atom. The summed E-state index contributed by atoms with van der Waals surface area (Å²) in [6.07, 6.45) is 63.1. The summed E-state index contributed by atoms with van der Waals surface area (Å²) >= 11 is 0. The second-order valence-corrected chi connectivity index (χ2v) is 18.5. The van der Waals surface area contributed by atoms with E-state index >= 15 is 0 Å². The molecular formula is C53H91N2O6P. The fraction of sp³-hybridized carbons (Fsp3) is 0.642. The summed E-state index contributed by atoms with van der Waals surface area (Å²) in [4.78, 5) is 25.3. The van der Waals surface area contributed by atoms with Crippen LogP contribution in [-0.4, -0.2) is 68.5 Å². The minimum Gasteiger partial charge on any atom is -0.756 e. The van der Waals surface area contributed by atoms with Crippen LogP contribution in [0.15, 0.2) is 109 Å². The molecule has 0 aromatic carbocycles. The Kier molecular flexibility index (Phi) is 41.4. The summed E-state index contributed by atoms with van der Waals surface area (Å²) in [7, 11) is 1.17. The fourth-order valence-electron chi connectivity index (χ4n) is 6.15. The van der Waals surface area contributed by atoms with Crippen molar-refractivity contribution in [3.8, 4) is 0 Å². The lowest BCUT2D eigenvalue weighted by atomic mass is 10.1. The van der Waals surface area contributed by atoms with E-state index < -0.39 is 26.6 Å². The molecule has 0 aliphatic carbocycles. The van der Waals surface area contributed by atoms with Crippen LogP contribution in [0.4, 0.5) is 0 Å². The number of phosphoric ester groups is 1. The van der Waals surface area contributed by atoms with Gasteiger partial charge in [0.2, 0.25) is 5.91 Å². The van der Waals surface area contributed by atoms with E-state index in [0.29, 0.717) is 23.9 Å². The zero-order valence-corrected chi connectivity index (χ0v) is 40.9. The number of quaternary nitrogens is 1. The number of hydrogen-bond donors (Lipinski definition) is 2. The standard InChI is InChI=1S/C53H91N2O6P/c1-6-8-10-12-14-16-18-20-22-24-26-27-29-30-32-34-36-38-40-42-44-46-52(56)51(50-61-62(58,59)60-49-48-55(3,4)5)54-53(57)47-45-43-41-39-37-35-33-31-28-25-23-21-19-17-15-13-11-9-7-2/h9,11,15,17,21,23,28-31,35-38,41,43-44,46,51-52,56H,6-8,10,12-14,16,18-20,22,24-27,32-34,39-40,42,45,47-50H2,1-5H3,(H-,54,57,58,59)/b11-9-,17-15-,23-21-,30-29+,31-28-,37-35-,38-36+,43-41-,46-44+. The van der Waals surface area contributed by atoms with Crippen molar-refractivity contribution in [1.29, 1.82) is 0 Å². The first-order chi connectivity index (χ1) is 30.0. The smallest absolute Gasteiger partial charge is 0.268 e. The molecule has 0 heterocycles. The van der Waals surface area contributed by atoms with Crippen molar-refractivity contribution >= 4 is 13.7 Å². The predicted molar refractivity (Wildman–Crippen MR) is 265 cm³/mol. The van der Waals surface area contributed by atoms with Gasteiger partial charge in [0, 0.05) is 6.42 Å². The highest BCUT2D eigenvalue weighted by molar-refractivity contribution is 7.45. The van der Waals surface area contributed by atoms with E-state index in [-0.39, 0.29) is 18.9 Å². The summed E-state index contributed by atoms with van der Waals surface area (Å²) < 4.78 is 23.2. The molecule has 0 saturated heterocycles. The minimum atomic E-state index is -4.63. The number of amides is 1. The molecule has 3 atom stereocenters. The van der Waals surface area contributed by atoms with Gasteiger partial charge >= 0.3 is 0 Å². The Morgan fingerprint density at radius 3 is 1.48 bits per heavy atom. The highest BCUT2D eigenvalue weighted by Crippen LogP contribution is 2.38. The second-order valence-electron chi connectivity index (χ2n) is 17.1. The van der Waals surface area contributed by atoms with E-state index in [1.54, 1.807) is 6.08 Å². The van der Waals surface area contributed by atoms with Gasteiger partial charge in [0.1, 0.15) is 13.2 Å². The molecule has 8 nitrogen and oxygen atoms in total. The first kappa shape index (κ1) is 59.2. The highest BCUT2D eigenvalue weighted by atomic mass is 31.2. The second kappa shape index (κ2) is 43.4. The van der Waals surface area contributed by atoms with Crippen molar-refractivity contribution in [2.45, 2.75) is 180 Å². The Hall–Kier alpha value is -2.84. The molecule has 0 aliphatic heterocycles. The van der Waals surface area contributed by atoms with Gasteiger partial charge in [-0.3, -0.25) is 9.36 Å². The van der Waals surface area contributed by atoms with Crippen molar-refractivity contribution in [3.05, 3.63) is 109 Å². The van der Waals surface area contributed by atoms with Crippen LogP contribution in [0.5, 0.6) is 0 Å². The lowest BCUT2D eigenvalue weighted by molar-refractivity contribution is -0.870. The Bertz CT molecular complexity index is 1370. The summed E-state index contributed by atoms with van der Waals surface area (Å²) in [5, 5.41) is 13.7. The Balaban J connectivity index is 4.59. The maximum atomic E-state index is 12.8. The average Bonchev–Trinajstić information content (AvgIpc) is 3.23. The molecule has 0 aliphatic rings. The van der Waals surface area contributed by atoms with Crippen molar-refractivity contribution in [2.75, 3.05) is 40.9 Å². The number of aliphatic hydroxyl groups is 1. The predicted octanol–water partition coefficient (Wildman–Crippen LogP) is 13.4. The molecule has 0 radical (unpaired) electrons. The van der Waals surface area contributed by atoms with Gasteiger partial charge in [-0.1, -0.05) is 187 Å². The van der Waals surface area contributed by atoms with Gasteiger partial charge in [0.05, 0.1) is 39.9 Å². The van der Waals surface area contributed by atoms with Crippen molar-refractivity contribution in [2.24, 2.45) is 0 Å². The van der Waals surface area contributed by atoms with Gasteiger partial charge in [0.25, 0.3) is 7.82 Å². The number of allylic oxidation sites excluding steroid dienone is 17. The topological polar surface area (TPSA) is 108 Å². The van der Waals surface area contributed by atoms with Crippen molar-refractivity contribution < 1.29 is 32.9 Å². The molecule has 0 rings (SSSR count). The van der Waals surface area contributed by atoms with E-state index in [1.807, 2.05) is 39.4 Å². The number of nitrogens with zero attached hydrogens (tertiary/aromatic N) is 1.